The summed E-state index contributed by atoms with van der Waals surface area (Å²) in [5, 5.41) is 7.05. The van der Waals surface area contributed by atoms with E-state index in [1.54, 1.807) is 11.8 Å². The second-order valence-corrected chi connectivity index (χ2v) is 9.33. The van der Waals surface area contributed by atoms with Gasteiger partial charge in [0, 0.05) is 46.6 Å². The molecule has 168 valence electrons. The number of hydrogen-bond acceptors (Lipinski definition) is 5. The summed E-state index contributed by atoms with van der Waals surface area (Å²) in [5.74, 6) is 2.57. The lowest BCUT2D eigenvalue weighted by Crippen LogP contribution is -2.12. The first-order valence-corrected chi connectivity index (χ1v) is 12.2. The van der Waals surface area contributed by atoms with Crippen LogP contribution in [-0.4, -0.2) is 20.6 Å². The van der Waals surface area contributed by atoms with E-state index < -0.39 is 0 Å². The van der Waals surface area contributed by atoms with Crippen LogP contribution in [0.15, 0.2) is 64.1 Å². The number of carbonyl (C=O) groups is 1. The van der Waals surface area contributed by atoms with Crippen molar-refractivity contribution in [2.45, 2.75) is 50.3 Å². The molecule has 1 N–H and O–H groups in total. The summed E-state index contributed by atoms with van der Waals surface area (Å²) in [4.78, 5) is 18.8. The number of aryl methyl sites for hydroxylation is 4. The van der Waals surface area contributed by atoms with Gasteiger partial charge in [-0.05, 0) is 51.0 Å². The Kier molecular flexibility index (Phi) is 6.05. The number of nitrogens with zero attached hydrogens (tertiary/aromatic N) is 3. The normalized spacial score (nSPS) is 13.0. The van der Waals surface area contributed by atoms with E-state index in [1.165, 1.54) is 18.7 Å². The highest BCUT2D eigenvalue weighted by Gasteiger charge is 2.16. The summed E-state index contributed by atoms with van der Waals surface area (Å²) >= 11 is 1.61. The Morgan fingerprint density at radius 2 is 1.94 bits per heavy atom. The van der Waals surface area contributed by atoms with Crippen molar-refractivity contribution in [2.24, 2.45) is 0 Å². The van der Waals surface area contributed by atoms with Crippen LogP contribution in [0.4, 0.5) is 5.69 Å². The molecular weight excluding hydrogens is 432 g/mol. The smallest absolute Gasteiger partial charge is 0.256 e. The van der Waals surface area contributed by atoms with E-state index in [-0.39, 0.29) is 5.91 Å². The van der Waals surface area contributed by atoms with Gasteiger partial charge < -0.3 is 14.4 Å². The molecule has 3 heterocycles. The van der Waals surface area contributed by atoms with Crippen molar-refractivity contribution in [1.29, 1.82) is 0 Å². The SMILES string of the molecule is Cc1noc(C)c1CSc1ccccc1C(=O)Nc1ccc(-c2cn3c(n2)CCCC3)cc1. The third kappa shape index (κ3) is 4.59. The molecule has 2 aromatic carbocycles. The molecule has 1 aliphatic heterocycles. The van der Waals surface area contributed by atoms with Gasteiger partial charge in [0.15, 0.2) is 0 Å². The lowest BCUT2D eigenvalue weighted by atomic mass is 10.1. The van der Waals surface area contributed by atoms with Crippen molar-refractivity contribution in [3.8, 4) is 11.3 Å². The van der Waals surface area contributed by atoms with Crippen LogP contribution in [0.5, 0.6) is 0 Å². The van der Waals surface area contributed by atoms with Crippen molar-refractivity contribution in [3.63, 3.8) is 0 Å². The topological polar surface area (TPSA) is 73.0 Å². The number of imidazole rings is 1. The molecule has 0 aliphatic carbocycles. The zero-order valence-corrected chi connectivity index (χ0v) is 19.6. The molecule has 0 radical (unpaired) electrons. The summed E-state index contributed by atoms with van der Waals surface area (Å²) in [6.07, 6.45) is 5.60. The van der Waals surface area contributed by atoms with Gasteiger partial charge in [-0.2, -0.15) is 0 Å². The molecular formula is C26H26N4O2S. The van der Waals surface area contributed by atoms with Crippen molar-refractivity contribution in [1.82, 2.24) is 14.7 Å². The zero-order chi connectivity index (χ0) is 22.8. The number of aromatic nitrogens is 3. The Morgan fingerprint density at radius 1 is 1.12 bits per heavy atom. The lowest BCUT2D eigenvalue weighted by molar-refractivity contribution is 0.102. The highest BCUT2D eigenvalue weighted by molar-refractivity contribution is 7.98. The lowest BCUT2D eigenvalue weighted by Gasteiger charge is -2.11. The Balaban J connectivity index is 1.28. The molecule has 0 atom stereocenters. The van der Waals surface area contributed by atoms with Gasteiger partial charge in [0.1, 0.15) is 11.6 Å². The fourth-order valence-corrected chi connectivity index (χ4v) is 5.32. The number of amides is 1. The van der Waals surface area contributed by atoms with Crippen LogP contribution in [0.3, 0.4) is 0 Å². The number of rotatable bonds is 6. The highest BCUT2D eigenvalue weighted by Crippen LogP contribution is 2.30. The Labute approximate surface area is 197 Å². The van der Waals surface area contributed by atoms with E-state index >= 15 is 0 Å². The second kappa shape index (κ2) is 9.27. The number of benzene rings is 2. The van der Waals surface area contributed by atoms with Crippen LogP contribution in [0.25, 0.3) is 11.3 Å². The first kappa shape index (κ1) is 21.5. The quantitative estimate of drug-likeness (QED) is 0.357. The molecule has 1 aliphatic rings. The number of nitrogens with one attached hydrogen (secondary N) is 1. The molecule has 1 amide bonds. The van der Waals surface area contributed by atoms with Gasteiger partial charge >= 0.3 is 0 Å². The molecule has 0 unspecified atom stereocenters. The average Bonchev–Trinajstić information content (AvgIpc) is 3.41. The van der Waals surface area contributed by atoms with Gasteiger partial charge in [0.2, 0.25) is 0 Å². The van der Waals surface area contributed by atoms with Crippen LogP contribution in [0, 0.1) is 13.8 Å². The summed E-state index contributed by atoms with van der Waals surface area (Å²) < 4.78 is 7.51. The fourth-order valence-electron chi connectivity index (χ4n) is 4.11. The Bertz CT molecular complexity index is 1250. The number of anilines is 1. The van der Waals surface area contributed by atoms with Crippen LogP contribution >= 0.6 is 11.8 Å². The van der Waals surface area contributed by atoms with Gasteiger partial charge in [-0.15, -0.1) is 11.8 Å². The average molecular weight is 459 g/mol. The third-order valence-corrected chi connectivity index (χ3v) is 7.13. The van der Waals surface area contributed by atoms with Crippen LogP contribution in [0.1, 0.15) is 46.0 Å². The van der Waals surface area contributed by atoms with Gasteiger partial charge in [-0.3, -0.25) is 4.79 Å². The maximum absolute atomic E-state index is 13.0. The van der Waals surface area contributed by atoms with Crippen molar-refractivity contribution in [3.05, 3.63) is 83.1 Å². The van der Waals surface area contributed by atoms with Gasteiger partial charge in [-0.1, -0.05) is 29.4 Å². The van der Waals surface area contributed by atoms with Crippen molar-refractivity contribution < 1.29 is 9.32 Å². The maximum Gasteiger partial charge on any atom is 0.256 e. The van der Waals surface area contributed by atoms with Gasteiger partial charge in [0.25, 0.3) is 5.91 Å². The van der Waals surface area contributed by atoms with Crippen LogP contribution in [-0.2, 0) is 18.7 Å². The number of thioether (sulfide) groups is 1. The van der Waals surface area contributed by atoms with Crippen molar-refractivity contribution >= 4 is 23.4 Å². The molecule has 33 heavy (non-hydrogen) atoms. The molecule has 0 fully saturated rings. The minimum absolute atomic E-state index is 0.123. The predicted octanol–water partition coefficient (Wildman–Crippen LogP) is 6.04. The van der Waals surface area contributed by atoms with Crippen molar-refractivity contribution in [2.75, 3.05) is 5.32 Å². The van der Waals surface area contributed by atoms with E-state index in [9.17, 15) is 4.79 Å². The number of hydrogen-bond donors (Lipinski definition) is 1. The van der Waals surface area contributed by atoms with Gasteiger partial charge in [-0.25, -0.2) is 4.98 Å². The molecule has 2 aromatic heterocycles. The highest BCUT2D eigenvalue weighted by atomic mass is 32.2. The summed E-state index contributed by atoms with van der Waals surface area (Å²) in [5.41, 5.74) is 5.43. The Morgan fingerprint density at radius 3 is 2.70 bits per heavy atom. The fraction of sp³-hybridized carbons (Fsp3) is 0.269. The largest absolute Gasteiger partial charge is 0.361 e. The molecule has 4 aromatic rings. The van der Waals surface area contributed by atoms with E-state index in [0.717, 1.165) is 51.8 Å². The molecule has 0 bridgehead atoms. The summed E-state index contributed by atoms with van der Waals surface area (Å²) in [6, 6.07) is 15.6. The second-order valence-electron chi connectivity index (χ2n) is 8.31. The molecule has 0 spiro atoms. The third-order valence-electron chi connectivity index (χ3n) is 6.03. The molecule has 5 rings (SSSR count). The van der Waals surface area contributed by atoms with E-state index in [2.05, 4.69) is 21.2 Å². The van der Waals surface area contributed by atoms with Crippen LogP contribution < -0.4 is 5.32 Å². The van der Waals surface area contributed by atoms with E-state index in [1.807, 2.05) is 62.4 Å². The minimum atomic E-state index is -0.123. The number of fused-ring (bicyclic) bond motifs is 1. The van der Waals surface area contributed by atoms with E-state index in [0.29, 0.717) is 11.3 Å². The first-order valence-electron chi connectivity index (χ1n) is 11.2. The Hall–Kier alpha value is -3.32. The zero-order valence-electron chi connectivity index (χ0n) is 18.8. The van der Waals surface area contributed by atoms with E-state index in [4.69, 9.17) is 9.51 Å². The summed E-state index contributed by atoms with van der Waals surface area (Å²) in [7, 11) is 0. The van der Waals surface area contributed by atoms with Gasteiger partial charge in [0.05, 0.1) is 17.0 Å². The molecule has 0 saturated heterocycles. The van der Waals surface area contributed by atoms with Crippen LogP contribution in [0.2, 0.25) is 0 Å². The minimum Gasteiger partial charge on any atom is -0.361 e. The molecule has 6 nitrogen and oxygen atoms in total. The maximum atomic E-state index is 13.0. The molecule has 7 heteroatoms. The standard InChI is InChI=1S/C26H26N4O2S/c1-17-22(18(2)32-29-17)16-33-24-8-4-3-7-21(24)26(31)27-20-12-10-19(11-13-20)23-15-30-14-6-5-9-25(30)28-23/h3-4,7-8,10-13,15H,5-6,9,14,16H2,1-2H3,(H,27,31). The monoisotopic (exact) mass is 458 g/mol. The summed E-state index contributed by atoms with van der Waals surface area (Å²) in [6.45, 7) is 4.90. The predicted molar refractivity (Wildman–Crippen MR) is 131 cm³/mol. The number of carbonyl (C=O) groups excluding carboxylic acids is 1. The first-order chi connectivity index (χ1) is 16.1. The molecule has 0 saturated carbocycles.